The van der Waals surface area contributed by atoms with Gasteiger partial charge in [0.1, 0.15) is 6.34 Å². The van der Waals surface area contributed by atoms with E-state index in [0.717, 1.165) is 22.5 Å². The van der Waals surface area contributed by atoms with Crippen LogP contribution in [0.3, 0.4) is 0 Å². The number of nitrogens with one attached hydrogen (secondary N) is 2. The van der Waals surface area contributed by atoms with Crippen molar-refractivity contribution in [3.05, 3.63) is 29.3 Å². The number of alkyl halides is 2. The number of hydrogen-bond donors (Lipinski definition) is 2. The first kappa shape index (κ1) is 13.1. The minimum Gasteiger partial charge on any atom is -0.290 e. The Hall–Kier alpha value is -1.98. The van der Waals surface area contributed by atoms with E-state index in [9.17, 15) is 13.6 Å². The van der Waals surface area contributed by atoms with E-state index in [0.29, 0.717) is 5.69 Å². The van der Waals surface area contributed by atoms with Crippen molar-refractivity contribution in [2.24, 2.45) is 0 Å². The number of carbonyl (C=O) groups excluding carboxylic acids is 1. The molecule has 4 nitrogen and oxygen atoms in total. The molecule has 0 fully saturated rings. The van der Waals surface area contributed by atoms with Gasteiger partial charge in [-0.3, -0.25) is 15.6 Å². The lowest BCUT2D eigenvalue weighted by molar-refractivity contribution is -0.131. The highest BCUT2D eigenvalue weighted by Crippen LogP contribution is 2.18. The SMILES string of the molecule is Cc1ccc(N(C=N)NC(=O)C(F)F)c(C)c1. The maximum Gasteiger partial charge on any atom is 0.317 e. The molecule has 0 saturated carbocycles. The Morgan fingerprint density at radius 2 is 2.12 bits per heavy atom. The molecule has 0 aliphatic heterocycles. The topological polar surface area (TPSA) is 56.2 Å². The van der Waals surface area contributed by atoms with E-state index >= 15 is 0 Å². The van der Waals surface area contributed by atoms with Crippen molar-refractivity contribution < 1.29 is 13.6 Å². The molecule has 0 aromatic heterocycles. The molecule has 0 saturated heterocycles. The first-order chi connectivity index (χ1) is 7.95. The van der Waals surface area contributed by atoms with Crippen molar-refractivity contribution in [3.8, 4) is 0 Å². The molecular weight excluding hydrogens is 228 g/mol. The highest BCUT2D eigenvalue weighted by atomic mass is 19.3. The van der Waals surface area contributed by atoms with E-state index in [1.54, 1.807) is 19.1 Å². The average molecular weight is 241 g/mol. The number of hydrogen-bond acceptors (Lipinski definition) is 2. The molecule has 6 heteroatoms. The Morgan fingerprint density at radius 3 is 2.59 bits per heavy atom. The minimum absolute atomic E-state index is 0.486. The number of carbonyl (C=O) groups is 1. The zero-order valence-electron chi connectivity index (χ0n) is 9.50. The Bertz CT molecular complexity index is 435. The van der Waals surface area contributed by atoms with Gasteiger partial charge in [-0.05, 0) is 25.5 Å². The number of aryl methyl sites for hydroxylation is 2. The van der Waals surface area contributed by atoms with Crippen molar-refractivity contribution in [3.63, 3.8) is 0 Å². The van der Waals surface area contributed by atoms with E-state index in [1.807, 2.05) is 18.4 Å². The molecule has 0 radical (unpaired) electrons. The number of amides is 1. The molecule has 1 amide bonds. The normalized spacial score (nSPS) is 10.2. The summed E-state index contributed by atoms with van der Waals surface area (Å²) in [7, 11) is 0. The fraction of sp³-hybridized carbons (Fsp3) is 0.273. The first-order valence-corrected chi connectivity index (χ1v) is 4.91. The number of hydrazine groups is 1. The molecule has 0 bridgehead atoms. The van der Waals surface area contributed by atoms with Crippen LogP contribution < -0.4 is 10.4 Å². The Labute approximate surface area is 97.7 Å². The molecule has 2 N–H and O–H groups in total. The van der Waals surface area contributed by atoms with Gasteiger partial charge in [-0.25, -0.2) is 5.01 Å². The van der Waals surface area contributed by atoms with Crippen LogP contribution in [0.15, 0.2) is 18.2 Å². The molecule has 0 aliphatic carbocycles. The quantitative estimate of drug-likeness (QED) is 0.481. The van der Waals surface area contributed by atoms with Gasteiger partial charge in [0.25, 0.3) is 0 Å². The fourth-order valence-electron chi connectivity index (χ4n) is 1.41. The maximum atomic E-state index is 12.1. The van der Waals surface area contributed by atoms with E-state index in [-0.39, 0.29) is 0 Å². The van der Waals surface area contributed by atoms with E-state index in [2.05, 4.69) is 0 Å². The van der Waals surface area contributed by atoms with Crippen molar-refractivity contribution in [1.29, 1.82) is 5.41 Å². The number of benzene rings is 1. The van der Waals surface area contributed by atoms with E-state index < -0.39 is 12.3 Å². The van der Waals surface area contributed by atoms with Crippen LogP contribution >= 0.6 is 0 Å². The second-order valence-corrected chi connectivity index (χ2v) is 3.57. The Kier molecular flexibility index (Phi) is 4.14. The number of rotatable bonds is 4. The van der Waals surface area contributed by atoms with Gasteiger partial charge in [-0.15, -0.1) is 0 Å². The molecule has 0 atom stereocenters. The third-order valence-corrected chi connectivity index (χ3v) is 2.17. The predicted molar refractivity (Wildman–Crippen MR) is 61.3 cm³/mol. The van der Waals surface area contributed by atoms with Crippen molar-refractivity contribution in [2.75, 3.05) is 5.01 Å². The molecular formula is C11H13F2N3O. The van der Waals surface area contributed by atoms with Crippen molar-refractivity contribution in [2.45, 2.75) is 20.3 Å². The average Bonchev–Trinajstić information content (AvgIpc) is 2.26. The van der Waals surface area contributed by atoms with Crippen LogP contribution in [0.1, 0.15) is 11.1 Å². The van der Waals surface area contributed by atoms with Gasteiger partial charge in [0.15, 0.2) is 0 Å². The van der Waals surface area contributed by atoms with Gasteiger partial charge in [-0.2, -0.15) is 8.78 Å². The summed E-state index contributed by atoms with van der Waals surface area (Å²) in [6.45, 7) is 3.66. The second-order valence-electron chi connectivity index (χ2n) is 3.57. The first-order valence-electron chi connectivity index (χ1n) is 4.91. The summed E-state index contributed by atoms with van der Waals surface area (Å²) >= 11 is 0. The highest BCUT2D eigenvalue weighted by molar-refractivity contribution is 5.88. The summed E-state index contributed by atoms with van der Waals surface area (Å²) in [6.07, 6.45) is -2.33. The number of anilines is 1. The highest BCUT2D eigenvalue weighted by Gasteiger charge is 2.18. The summed E-state index contributed by atoms with van der Waals surface area (Å²) < 4.78 is 24.2. The van der Waals surface area contributed by atoms with Gasteiger partial charge < -0.3 is 0 Å². The summed E-state index contributed by atoms with van der Waals surface area (Å²) in [5, 5.41) is 8.08. The molecule has 17 heavy (non-hydrogen) atoms. The maximum absolute atomic E-state index is 12.1. The number of nitrogens with zero attached hydrogens (tertiary/aromatic N) is 1. The van der Waals surface area contributed by atoms with Crippen LogP contribution in [0.2, 0.25) is 0 Å². The van der Waals surface area contributed by atoms with Gasteiger partial charge in [-0.1, -0.05) is 17.7 Å². The molecule has 0 heterocycles. The van der Waals surface area contributed by atoms with Crippen molar-refractivity contribution in [1.82, 2.24) is 5.43 Å². The predicted octanol–water partition coefficient (Wildman–Crippen LogP) is 2.01. The summed E-state index contributed by atoms with van der Waals surface area (Å²) in [5.41, 5.74) is 4.22. The molecule has 1 aromatic carbocycles. The summed E-state index contributed by atoms with van der Waals surface area (Å²) in [5.74, 6) is -1.44. The molecule has 0 spiro atoms. The smallest absolute Gasteiger partial charge is 0.290 e. The van der Waals surface area contributed by atoms with Crippen LogP contribution in [0.4, 0.5) is 14.5 Å². The third-order valence-electron chi connectivity index (χ3n) is 2.17. The van der Waals surface area contributed by atoms with Crippen molar-refractivity contribution >= 4 is 17.9 Å². The van der Waals surface area contributed by atoms with Gasteiger partial charge >= 0.3 is 12.3 Å². The standard InChI is InChI=1S/C11H13F2N3O/c1-7-3-4-9(8(2)5-7)16(6-14)15-11(17)10(12)13/h3-6,10,14H,1-2H3,(H,15,17). The van der Waals surface area contributed by atoms with Gasteiger partial charge in [0, 0.05) is 0 Å². The largest absolute Gasteiger partial charge is 0.317 e. The molecule has 0 aliphatic rings. The third kappa shape index (κ3) is 3.24. The zero-order valence-corrected chi connectivity index (χ0v) is 9.50. The summed E-state index contributed by atoms with van der Waals surface area (Å²) in [6, 6.07) is 5.26. The monoisotopic (exact) mass is 241 g/mol. The molecule has 0 unspecified atom stereocenters. The van der Waals surface area contributed by atoms with Crippen LogP contribution in [0.5, 0.6) is 0 Å². The lowest BCUT2D eigenvalue weighted by Crippen LogP contribution is -2.44. The fourth-order valence-corrected chi connectivity index (χ4v) is 1.41. The second kappa shape index (κ2) is 5.38. The van der Waals surface area contributed by atoms with Gasteiger partial charge in [0.2, 0.25) is 0 Å². The van der Waals surface area contributed by atoms with Crippen LogP contribution in [-0.2, 0) is 4.79 Å². The Morgan fingerprint density at radius 1 is 1.47 bits per heavy atom. The van der Waals surface area contributed by atoms with Gasteiger partial charge in [0.05, 0.1) is 5.69 Å². The molecule has 92 valence electrons. The summed E-state index contributed by atoms with van der Waals surface area (Å²) in [4.78, 5) is 10.9. The lowest BCUT2D eigenvalue weighted by atomic mass is 10.1. The minimum atomic E-state index is -3.11. The van der Waals surface area contributed by atoms with E-state index in [4.69, 9.17) is 5.41 Å². The molecule has 1 rings (SSSR count). The van der Waals surface area contributed by atoms with E-state index in [1.165, 1.54) is 0 Å². The van der Waals surface area contributed by atoms with Crippen LogP contribution in [0.25, 0.3) is 0 Å². The molecule has 1 aromatic rings. The van der Waals surface area contributed by atoms with Crippen LogP contribution in [0, 0.1) is 19.3 Å². The lowest BCUT2D eigenvalue weighted by Gasteiger charge is -2.21. The Balaban J connectivity index is 2.94. The number of halogens is 2. The van der Waals surface area contributed by atoms with Crippen LogP contribution in [-0.4, -0.2) is 18.7 Å². The zero-order chi connectivity index (χ0) is 13.0.